The minimum Gasteiger partial charge on any atom is -0.466 e. The summed E-state index contributed by atoms with van der Waals surface area (Å²) in [6.07, 6.45) is 10.8. The molecule has 2 unspecified atom stereocenters. The minimum absolute atomic E-state index is 0.0883. The van der Waals surface area contributed by atoms with Crippen molar-refractivity contribution in [1.82, 2.24) is 0 Å². The van der Waals surface area contributed by atoms with Crippen LogP contribution in [0.1, 0.15) is 113 Å². The molecule has 0 amide bonds. The van der Waals surface area contributed by atoms with Crippen molar-refractivity contribution in [2.24, 2.45) is 50.2 Å². The molecule has 0 aromatic heterocycles. The van der Waals surface area contributed by atoms with Crippen molar-refractivity contribution in [3.63, 3.8) is 0 Å². The Morgan fingerprint density at radius 3 is 2.23 bits per heavy atom. The Labute approximate surface area is 242 Å². The molecule has 0 heterocycles. The fourth-order valence-corrected chi connectivity index (χ4v) is 11.8. The van der Waals surface area contributed by atoms with Crippen LogP contribution in [0.3, 0.4) is 0 Å². The van der Waals surface area contributed by atoms with Crippen LogP contribution in [0.25, 0.3) is 0 Å². The third-order valence-electron chi connectivity index (χ3n) is 13.6. The maximum Gasteiger partial charge on any atom is 0.311 e. The number of ether oxygens (including phenoxy) is 1. The molecular weight excluding hydrogens is 524 g/mol. The number of rotatable bonds is 4. The van der Waals surface area contributed by atoms with Gasteiger partial charge < -0.3 is 4.74 Å². The summed E-state index contributed by atoms with van der Waals surface area (Å²) in [6.45, 7) is 18.1. The maximum absolute atomic E-state index is 14.5. The predicted octanol–water partition coefficient (Wildman–Crippen LogP) is 6.88. The molecule has 4 fully saturated rings. The molecule has 0 N–H and O–H groups in total. The summed E-state index contributed by atoms with van der Waals surface area (Å²) in [6, 6.07) is 0. The Morgan fingerprint density at radius 2 is 1.60 bits per heavy atom. The largest absolute Gasteiger partial charge is 0.466 e. The number of allylic oxidation sites excluding steroid dienone is 2. The molecule has 0 saturated heterocycles. The molecule has 0 aromatic rings. The number of carbonyl (C=O) groups excluding carboxylic acids is 2. The van der Waals surface area contributed by atoms with Crippen molar-refractivity contribution in [2.45, 2.75) is 119 Å². The summed E-state index contributed by atoms with van der Waals surface area (Å²) in [5, 5.41) is 0. The molecule has 6 nitrogen and oxygen atoms in total. The van der Waals surface area contributed by atoms with E-state index in [0.717, 1.165) is 57.6 Å². The third kappa shape index (κ3) is 4.13. The van der Waals surface area contributed by atoms with E-state index in [-0.39, 0.29) is 62.7 Å². The molecule has 5 aliphatic carbocycles. The van der Waals surface area contributed by atoms with Gasteiger partial charge >= 0.3 is 5.97 Å². The fraction of sp³-hybridized carbons (Fsp3) is 0.879. The Kier molecular flexibility index (Phi) is 6.92. The molecule has 40 heavy (non-hydrogen) atoms. The Hall–Kier alpha value is -1.21. The molecule has 0 spiro atoms. The quantitative estimate of drug-likeness (QED) is 0.268. The average Bonchev–Trinajstić information content (AvgIpc) is 2.83. The third-order valence-corrected chi connectivity index (χ3v) is 14.2. The van der Waals surface area contributed by atoms with Crippen molar-refractivity contribution in [2.75, 3.05) is 12.9 Å². The van der Waals surface area contributed by atoms with Crippen molar-refractivity contribution >= 4 is 21.9 Å². The summed E-state index contributed by atoms with van der Waals surface area (Å²) in [7, 11) is -3.57. The zero-order valence-electron chi connectivity index (χ0n) is 26.3. The highest BCUT2D eigenvalue weighted by Crippen LogP contribution is 2.75. The maximum atomic E-state index is 14.5. The van der Waals surface area contributed by atoms with E-state index in [1.165, 1.54) is 5.57 Å². The molecule has 0 aromatic carbocycles. The number of fused-ring (bicyclic) bond motifs is 7. The molecule has 0 aliphatic heterocycles. The predicted molar refractivity (Wildman–Crippen MR) is 156 cm³/mol. The van der Waals surface area contributed by atoms with E-state index in [1.54, 1.807) is 0 Å². The van der Waals surface area contributed by atoms with Gasteiger partial charge in [-0.25, -0.2) is 0 Å². The zero-order valence-corrected chi connectivity index (χ0v) is 27.1. The first-order valence-corrected chi connectivity index (χ1v) is 17.4. The van der Waals surface area contributed by atoms with Crippen LogP contribution in [0.4, 0.5) is 0 Å². The fourth-order valence-electron chi connectivity index (χ4n) is 11.0. The van der Waals surface area contributed by atoms with E-state index in [4.69, 9.17) is 8.92 Å². The highest BCUT2D eigenvalue weighted by molar-refractivity contribution is 7.86. The van der Waals surface area contributed by atoms with E-state index in [2.05, 4.69) is 48.5 Å². The van der Waals surface area contributed by atoms with Crippen LogP contribution < -0.4 is 0 Å². The molecule has 5 rings (SSSR count). The average molecular weight is 577 g/mol. The van der Waals surface area contributed by atoms with Crippen LogP contribution in [0.2, 0.25) is 0 Å². The van der Waals surface area contributed by atoms with Gasteiger partial charge in [-0.2, -0.15) is 8.42 Å². The monoisotopic (exact) mass is 576 g/mol. The second kappa shape index (κ2) is 9.14. The van der Waals surface area contributed by atoms with Crippen molar-refractivity contribution in [3.8, 4) is 0 Å². The lowest BCUT2D eigenvalue weighted by Crippen LogP contribution is -2.66. The highest BCUT2D eigenvalue weighted by atomic mass is 32.2. The molecule has 4 saturated carbocycles. The Morgan fingerprint density at radius 1 is 0.950 bits per heavy atom. The summed E-state index contributed by atoms with van der Waals surface area (Å²) < 4.78 is 35.4. The van der Waals surface area contributed by atoms with E-state index in [0.29, 0.717) is 13.0 Å². The number of carbonyl (C=O) groups is 2. The molecule has 5 aliphatic rings. The second-order valence-electron chi connectivity index (χ2n) is 16.1. The first kappa shape index (κ1) is 30.3. The Balaban J connectivity index is 1.55. The topological polar surface area (TPSA) is 86.7 Å². The first-order chi connectivity index (χ1) is 18.3. The smallest absolute Gasteiger partial charge is 0.311 e. The van der Waals surface area contributed by atoms with Gasteiger partial charge in [-0.05, 0) is 117 Å². The molecule has 7 heteroatoms. The van der Waals surface area contributed by atoms with Crippen LogP contribution in [0.5, 0.6) is 0 Å². The number of ketones is 1. The van der Waals surface area contributed by atoms with Gasteiger partial charge in [-0.1, -0.05) is 47.1 Å². The van der Waals surface area contributed by atoms with Crippen molar-refractivity contribution < 1.29 is 26.9 Å². The molecular formula is C33H52O6S. The molecule has 0 radical (unpaired) electrons. The van der Waals surface area contributed by atoms with Crippen molar-refractivity contribution in [1.29, 1.82) is 0 Å². The number of hydrogen-bond donors (Lipinski definition) is 0. The number of hydrogen-bond acceptors (Lipinski definition) is 6. The van der Waals surface area contributed by atoms with Gasteiger partial charge in [0.25, 0.3) is 10.1 Å². The lowest BCUT2D eigenvalue weighted by atomic mass is 9.33. The van der Waals surface area contributed by atoms with E-state index in [9.17, 15) is 18.0 Å². The van der Waals surface area contributed by atoms with Crippen molar-refractivity contribution in [3.05, 3.63) is 11.6 Å². The Bertz CT molecular complexity index is 1240. The zero-order chi connectivity index (χ0) is 29.7. The number of esters is 1. The lowest BCUT2D eigenvalue weighted by Gasteiger charge is -2.70. The second-order valence-corrected chi connectivity index (χ2v) is 17.7. The summed E-state index contributed by atoms with van der Waals surface area (Å²) >= 11 is 0. The minimum atomic E-state index is -3.57. The van der Waals surface area contributed by atoms with Crippen LogP contribution >= 0.6 is 0 Å². The highest BCUT2D eigenvalue weighted by Gasteiger charge is 2.70. The van der Waals surface area contributed by atoms with Crippen LogP contribution in [-0.2, 0) is 28.6 Å². The van der Waals surface area contributed by atoms with Crippen LogP contribution in [-0.4, -0.2) is 39.1 Å². The lowest BCUT2D eigenvalue weighted by molar-refractivity contribution is -0.199. The van der Waals surface area contributed by atoms with E-state index < -0.39 is 15.5 Å². The van der Waals surface area contributed by atoms with E-state index in [1.807, 2.05) is 13.0 Å². The van der Waals surface area contributed by atoms with Gasteiger partial charge in [0.2, 0.25) is 0 Å². The van der Waals surface area contributed by atoms with Gasteiger partial charge in [0.05, 0.1) is 24.4 Å². The SMILES string of the molecule is CCOC(=O)[C@@]1(C)CC[C@]2(C)CC[C@]3(C)C(=CC(=O)C4[C@@]5(C)CC[C@H](OS(C)(=O)=O)C(C)(C)C5CC[C@]43C)[C@@H]2C1. The van der Waals surface area contributed by atoms with E-state index >= 15 is 0 Å². The normalized spacial score (nSPS) is 48.1. The van der Waals surface area contributed by atoms with Gasteiger partial charge in [-0.15, -0.1) is 0 Å². The van der Waals surface area contributed by atoms with Crippen LogP contribution in [0, 0.1) is 50.2 Å². The summed E-state index contributed by atoms with van der Waals surface area (Å²) in [5.41, 5.74) is -0.0616. The summed E-state index contributed by atoms with van der Waals surface area (Å²) in [5.74, 6) is 0.414. The standard InChI is InChI=1S/C33H52O6S/c1-10-38-27(35)30(5)16-15-29(4)17-18-32(7)21(22(29)20-30)19-23(34)26-31(6)13-12-25(39-40(9,36)37)28(2,3)24(31)11-14-33(26,32)8/h19,22,24-26H,10-18,20H2,1-9H3/t22-,24?,25-,26?,29+,30-,31-,32+,33+/m0/s1. The molecule has 226 valence electrons. The van der Waals surface area contributed by atoms with Gasteiger partial charge in [0, 0.05) is 5.92 Å². The first-order valence-electron chi connectivity index (χ1n) is 15.6. The van der Waals surface area contributed by atoms with Crippen LogP contribution in [0.15, 0.2) is 11.6 Å². The van der Waals surface area contributed by atoms with Gasteiger partial charge in [-0.3, -0.25) is 13.8 Å². The molecule has 9 atom stereocenters. The van der Waals surface area contributed by atoms with Gasteiger partial charge in [0.15, 0.2) is 5.78 Å². The summed E-state index contributed by atoms with van der Waals surface area (Å²) in [4.78, 5) is 27.6. The molecule has 0 bridgehead atoms. The van der Waals surface area contributed by atoms with Gasteiger partial charge in [0.1, 0.15) is 0 Å².